The number of carbonyl (C=O) groups excluding carboxylic acids is 1. The Morgan fingerprint density at radius 2 is 1.83 bits per heavy atom. The molecule has 0 atom stereocenters. The van der Waals surface area contributed by atoms with E-state index in [-0.39, 0.29) is 11.4 Å². The molecule has 1 spiro atoms. The summed E-state index contributed by atoms with van der Waals surface area (Å²) in [6, 6.07) is 16.5. The molecule has 1 saturated heterocycles. The van der Waals surface area contributed by atoms with Crippen LogP contribution in [0.4, 0.5) is 0 Å². The second-order valence-corrected chi connectivity index (χ2v) is 10.6. The van der Waals surface area contributed by atoms with Crippen LogP contribution in [0.15, 0.2) is 48.5 Å². The molecule has 2 heterocycles. The van der Waals surface area contributed by atoms with Gasteiger partial charge < -0.3 is 23.8 Å². The lowest BCUT2D eigenvalue weighted by atomic mass is 9.74. The third-order valence-corrected chi connectivity index (χ3v) is 6.71. The minimum Gasteiger partial charge on any atom is -0.493 e. The molecule has 1 fully saturated rings. The van der Waals surface area contributed by atoms with Crippen molar-refractivity contribution in [2.75, 3.05) is 39.5 Å². The minimum absolute atomic E-state index is 0.0710. The molecule has 0 unspecified atom stereocenters. The van der Waals surface area contributed by atoms with Gasteiger partial charge in [0.1, 0.15) is 17.1 Å². The van der Waals surface area contributed by atoms with Crippen LogP contribution in [0, 0.1) is 0 Å². The summed E-state index contributed by atoms with van der Waals surface area (Å²) in [5.41, 5.74) is 2.13. The molecule has 190 valence electrons. The van der Waals surface area contributed by atoms with Crippen molar-refractivity contribution < 1.29 is 23.7 Å². The fraction of sp³-hybridized carbons (Fsp3) is 0.552. The predicted octanol–water partition coefficient (Wildman–Crippen LogP) is 5.13. The molecule has 0 bridgehead atoms. The Balaban J connectivity index is 1.18. The average molecular weight is 482 g/mol. The fourth-order valence-electron chi connectivity index (χ4n) is 4.82. The first-order chi connectivity index (χ1) is 16.8. The van der Waals surface area contributed by atoms with Crippen LogP contribution in [-0.4, -0.2) is 55.9 Å². The lowest BCUT2D eigenvalue weighted by molar-refractivity contribution is -0.155. The molecular formula is C29H39NO5. The Morgan fingerprint density at radius 3 is 2.57 bits per heavy atom. The Kier molecular flexibility index (Phi) is 8.34. The van der Waals surface area contributed by atoms with Gasteiger partial charge in [0, 0.05) is 30.0 Å². The van der Waals surface area contributed by atoms with Gasteiger partial charge in [-0.1, -0.05) is 36.4 Å². The molecule has 6 heteroatoms. The lowest BCUT2D eigenvalue weighted by Gasteiger charge is -2.38. The molecule has 0 radical (unpaired) electrons. The van der Waals surface area contributed by atoms with Gasteiger partial charge in [-0.15, -0.1) is 0 Å². The van der Waals surface area contributed by atoms with Crippen LogP contribution >= 0.6 is 0 Å². The SMILES string of the molecule is CC(C)(C)OC(=O)CCN1CCC2(CC1)COc1cc(OCCCOCc3ccccc3)ccc12. The van der Waals surface area contributed by atoms with Crippen LogP contribution < -0.4 is 9.47 Å². The van der Waals surface area contributed by atoms with Gasteiger partial charge in [0.2, 0.25) is 0 Å². The standard InChI is InChI=1S/C29H39NO5/c1-28(2,3)35-27(31)12-15-30-16-13-29(14-17-30)22-34-26-20-24(10-11-25(26)29)33-19-7-18-32-21-23-8-5-4-6-9-23/h4-6,8-11,20H,7,12-19,21-22H2,1-3H3. The smallest absolute Gasteiger partial charge is 0.307 e. The summed E-state index contributed by atoms with van der Waals surface area (Å²) in [7, 11) is 0. The Hall–Kier alpha value is -2.57. The van der Waals surface area contributed by atoms with Crippen molar-refractivity contribution in [1.82, 2.24) is 4.90 Å². The number of piperidine rings is 1. The Bertz CT molecular complexity index is 961. The number of benzene rings is 2. The molecule has 0 N–H and O–H groups in total. The lowest BCUT2D eigenvalue weighted by Crippen LogP contribution is -2.44. The highest BCUT2D eigenvalue weighted by Crippen LogP contribution is 2.46. The van der Waals surface area contributed by atoms with Gasteiger partial charge in [0.15, 0.2) is 0 Å². The maximum atomic E-state index is 12.0. The van der Waals surface area contributed by atoms with E-state index in [1.807, 2.05) is 45.0 Å². The van der Waals surface area contributed by atoms with Crippen LogP contribution in [0.3, 0.4) is 0 Å². The number of fused-ring (bicyclic) bond motifs is 2. The first kappa shape index (κ1) is 25.5. The zero-order valence-corrected chi connectivity index (χ0v) is 21.4. The van der Waals surface area contributed by atoms with Crippen molar-refractivity contribution >= 4 is 5.97 Å². The van der Waals surface area contributed by atoms with Gasteiger partial charge in [-0.2, -0.15) is 0 Å². The molecule has 0 aromatic heterocycles. The van der Waals surface area contributed by atoms with Gasteiger partial charge in [-0.25, -0.2) is 0 Å². The molecule has 0 saturated carbocycles. The number of carbonyl (C=O) groups is 1. The molecule has 4 rings (SSSR count). The zero-order chi connectivity index (χ0) is 24.7. The van der Waals surface area contributed by atoms with Crippen molar-refractivity contribution in [2.24, 2.45) is 0 Å². The van der Waals surface area contributed by atoms with E-state index in [0.29, 0.717) is 26.2 Å². The number of rotatable bonds is 10. The molecule has 2 aliphatic heterocycles. The highest BCUT2D eigenvalue weighted by Gasteiger charge is 2.43. The van der Waals surface area contributed by atoms with Gasteiger partial charge in [-0.3, -0.25) is 4.79 Å². The van der Waals surface area contributed by atoms with Crippen LogP contribution in [0.2, 0.25) is 0 Å². The van der Waals surface area contributed by atoms with E-state index in [2.05, 4.69) is 29.2 Å². The molecule has 0 amide bonds. The minimum atomic E-state index is -0.424. The van der Waals surface area contributed by atoms with E-state index >= 15 is 0 Å². The summed E-state index contributed by atoms with van der Waals surface area (Å²) in [4.78, 5) is 14.4. The molecule has 6 nitrogen and oxygen atoms in total. The maximum absolute atomic E-state index is 12.0. The third-order valence-electron chi connectivity index (χ3n) is 6.71. The highest BCUT2D eigenvalue weighted by atomic mass is 16.6. The number of ether oxygens (including phenoxy) is 4. The van der Waals surface area contributed by atoms with Crippen molar-refractivity contribution in [3.63, 3.8) is 0 Å². The largest absolute Gasteiger partial charge is 0.493 e. The highest BCUT2D eigenvalue weighted by molar-refractivity contribution is 5.70. The van der Waals surface area contributed by atoms with Crippen molar-refractivity contribution in [3.05, 3.63) is 59.7 Å². The summed E-state index contributed by atoms with van der Waals surface area (Å²) >= 11 is 0. The first-order valence-corrected chi connectivity index (χ1v) is 12.8. The zero-order valence-electron chi connectivity index (χ0n) is 21.4. The van der Waals surface area contributed by atoms with Crippen LogP contribution in [0.25, 0.3) is 0 Å². The Morgan fingerprint density at radius 1 is 1.06 bits per heavy atom. The number of hydrogen-bond donors (Lipinski definition) is 0. The third kappa shape index (κ3) is 7.21. The summed E-state index contributed by atoms with van der Waals surface area (Å²) in [5, 5.41) is 0. The van der Waals surface area contributed by atoms with Gasteiger partial charge in [0.05, 0.1) is 32.8 Å². The number of hydrogen-bond acceptors (Lipinski definition) is 6. The fourth-order valence-corrected chi connectivity index (χ4v) is 4.82. The van der Waals surface area contributed by atoms with Gasteiger partial charge >= 0.3 is 5.97 Å². The van der Waals surface area contributed by atoms with Crippen LogP contribution in [0.5, 0.6) is 11.5 Å². The monoisotopic (exact) mass is 481 g/mol. The number of likely N-dealkylation sites (tertiary alicyclic amines) is 1. The van der Waals surface area contributed by atoms with Crippen molar-refractivity contribution in [1.29, 1.82) is 0 Å². The Labute approximate surface area is 209 Å². The number of esters is 1. The maximum Gasteiger partial charge on any atom is 0.307 e. The van der Waals surface area contributed by atoms with Gasteiger partial charge in [-0.05, 0) is 58.3 Å². The summed E-state index contributed by atoms with van der Waals surface area (Å²) in [5.74, 6) is 1.67. The average Bonchev–Trinajstić information content (AvgIpc) is 3.18. The normalized spacial score (nSPS) is 17.1. The topological polar surface area (TPSA) is 57.2 Å². The molecule has 35 heavy (non-hydrogen) atoms. The summed E-state index contributed by atoms with van der Waals surface area (Å²) in [6.07, 6.45) is 3.35. The quantitative estimate of drug-likeness (QED) is 0.346. The first-order valence-electron chi connectivity index (χ1n) is 12.8. The van der Waals surface area contributed by atoms with Crippen LogP contribution in [-0.2, 0) is 26.3 Å². The van der Waals surface area contributed by atoms with E-state index in [1.54, 1.807) is 0 Å². The van der Waals surface area contributed by atoms with Crippen molar-refractivity contribution in [3.8, 4) is 11.5 Å². The summed E-state index contributed by atoms with van der Waals surface area (Å²) in [6.45, 7) is 11.0. The molecule has 2 aromatic rings. The van der Waals surface area contributed by atoms with E-state index < -0.39 is 5.60 Å². The van der Waals surface area contributed by atoms with Crippen molar-refractivity contribution in [2.45, 2.75) is 64.1 Å². The van der Waals surface area contributed by atoms with E-state index in [4.69, 9.17) is 18.9 Å². The molecule has 0 aliphatic carbocycles. The number of nitrogens with zero attached hydrogens (tertiary/aromatic N) is 1. The van der Waals surface area contributed by atoms with Crippen LogP contribution in [0.1, 0.15) is 57.6 Å². The molecule has 2 aromatic carbocycles. The second kappa shape index (κ2) is 11.4. The summed E-state index contributed by atoms with van der Waals surface area (Å²) < 4.78 is 23.2. The molecular weight excluding hydrogens is 442 g/mol. The second-order valence-electron chi connectivity index (χ2n) is 10.6. The van der Waals surface area contributed by atoms with E-state index in [1.165, 1.54) is 11.1 Å². The predicted molar refractivity (Wildman–Crippen MR) is 136 cm³/mol. The van der Waals surface area contributed by atoms with E-state index in [9.17, 15) is 4.79 Å². The molecule has 2 aliphatic rings. The van der Waals surface area contributed by atoms with E-state index in [0.717, 1.165) is 57.0 Å². The van der Waals surface area contributed by atoms with Gasteiger partial charge in [0.25, 0.3) is 0 Å².